The Balaban J connectivity index is 1.95. The van der Waals surface area contributed by atoms with Crippen LogP contribution in [0.5, 0.6) is 0 Å². The van der Waals surface area contributed by atoms with E-state index < -0.39 is 23.5 Å². The molecule has 0 unspecified atom stereocenters. The zero-order chi connectivity index (χ0) is 16.9. The summed E-state index contributed by atoms with van der Waals surface area (Å²) in [6, 6.07) is 8.35. The van der Waals surface area contributed by atoms with Gasteiger partial charge in [0.15, 0.2) is 0 Å². The molecule has 0 aliphatic rings. The van der Waals surface area contributed by atoms with Crippen LogP contribution in [-0.4, -0.2) is 17.7 Å². The average Bonchev–Trinajstić information content (AvgIpc) is 2.49. The Bertz CT molecular complexity index is 678. The van der Waals surface area contributed by atoms with Crippen molar-refractivity contribution in [3.8, 4) is 0 Å². The fraction of sp³-hybridized carbons (Fsp3) is 0.200. The van der Waals surface area contributed by atoms with Crippen molar-refractivity contribution in [2.75, 3.05) is 11.9 Å². The number of carbonyl (C=O) groups excluding carboxylic acids is 1. The van der Waals surface area contributed by atoms with Crippen molar-refractivity contribution < 1.29 is 22.7 Å². The summed E-state index contributed by atoms with van der Waals surface area (Å²) >= 11 is 5.56. The normalized spacial score (nSPS) is 11.1. The SMILES string of the molecule is O=C(Nc1ccc(Cl)cc1C(F)(F)F)OCCc1ccccn1. The molecule has 0 saturated heterocycles. The molecule has 1 N–H and O–H groups in total. The molecule has 122 valence electrons. The van der Waals surface area contributed by atoms with Gasteiger partial charge < -0.3 is 4.74 Å². The van der Waals surface area contributed by atoms with Gasteiger partial charge in [0.1, 0.15) is 0 Å². The summed E-state index contributed by atoms with van der Waals surface area (Å²) in [5.41, 5.74) is -0.737. The van der Waals surface area contributed by atoms with Crippen LogP contribution >= 0.6 is 11.6 Å². The summed E-state index contributed by atoms with van der Waals surface area (Å²) < 4.78 is 43.5. The standard InChI is InChI=1S/C15H12ClF3N2O2/c16-10-4-5-13(12(9-10)15(17,18)19)21-14(22)23-8-6-11-3-1-2-7-20-11/h1-5,7,9H,6,8H2,(H,21,22). The van der Waals surface area contributed by atoms with E-state index in [4.69, 9.17) is 16.3 Å². The lowest BCUT2D eigenvalue weighted by Gasteiger charge is -2.14. The number of carbonyl (C=O) groups is 1. The molecule has 0 bridgehead atoms. The van der Waals surface area contributed by atoms with E-state index in [1.165, 1.54) is 6.07 Å². The van der Waals surface area contributed by atoms with Crippen LogP contribution in [0.4, 0.5) is 23.7 Å². The predicted molar refractivity (Wildman–Crippen MR) is 79.4 cm³/mol. The Morgan fingerprint density at radius 1 is 1.26 bits per heavy atom. The van der Waals surface area contributed by atoms with Gasteiger partial charge in [-0.15, -0.1) is 0 Å². The second kappa shape index (κ2) is 7.32. The van der Waals surface area contributed by atoms with Gasteiger partial charge in [-0.05, 0) is 30.3 Å². The van der Waals surface area contributed by atoms with Gasteiger partial charge in [-0.25, -0.2) is 4.79 Å². The van der Waals surface area contributed by atoms with Crippen LogP contribution in [0.2, 0.25) is 5.02 Å². The minimum atomic E-state index is -4.64. The van der Waals surface area contributed by atoms with Crippen LogP contribution < -0.4 is 5.32 Å². The number of nitrogens with zero attached hydrogens (tertiary/aromatic N) is 1. The smallest absolute Gasteiger partial charge is 0.418 e. The van der Waals surface area contributed by atoms with Crippen LogP contribution in [0.25, 0.3) is 0 Å². The maximum absolute atomic E-state index is 12.9. The highest BCUT2D eigenvalue weighted by Gasteiger charge is 2.34. The Morgan fingerprint density at radius 3 is 2.70 bits per heavy atom. The summed E-state index contributed by atoms with van der Waals surface area (Å²) in [4.78, 5) is 15.7. The van der Waals surface area contributed by atoms with E-state index in [0.717, 1.165) is 12.1 Å². The number of aromatic nitrogens is 1. The number of pyridine rings is 1. The molecule has 0 atom stereocenters. The van der Waals surface area contributed by atoms with Crippen molar-refractivity contribution in [3.05, 3.63) is 58.9 Å². The highest BCUT2D eigenvalue weighted by Crippen LogP contribution is 2.36. The van der Waals surface area contributed by atoms with Crippen molar-refractivity contribution in [1.29, 1.82) is 0 Å². The van der Waals surface area contributed by atoms with Crippen LogP contribution in [0.3, 0.4) is 0 Å². The second-order valence-corrected chi connectivity index (χ2v) is 4.96. The summed E-state index contributed by atoms with van der Waals surface area (Å²) in [5, 5.41) is 1.99. The molecule has 0 radical (unpaired) electrons. The monoisotopic (exact) mass is 344 g/mol. The maximum Gasteiger partial charge on any atom is 0.418 e. The summed E-state index contributed by atoms with van der Waals surface area (Å²) in [5.74, 6) is 0. The first-order valence-corrected chi connectivity index (χ1v) is 6.94. The number of amides is 1. The molecule has 1 aromatic heterocycles. The zero-order valence-corrected chi connectivity index (χ0v) is 12.5. The lowest BCUT2D eigenvalue weighted by atomic mass is 10.1. The summed E-state index contributed by atoms with van der Waals surface area (Å²) in [6.45, 7) is -0.00219. The highest BCUT2D eigenvalue weighted by atomic mass is 35.5. The van der Waals surface area contributed by atoms with Crippen molar-refractivity contribution in [2.24, 2.45) is 0 Å². The maximum atomic E-state index is 12.9. The Hall–Kier alpha value is -2.28. The molecule has 0 aliphatic carbocycles. The van der Waals surface area contributed by atoms with Gasteiger partial charge in [0.05, 0.1) is 17.9 Å². The number of rotatable bonds is 4. The molecular formula is C15H12ClF3N2O2. The fourth-order valence-corrected chi connectivity index (χ4v) is 1.97. The number of hydrogen-bond acceptors (Lipinski definition) is 3. The Kier molecular flexibility index (Phi) is 5.44. The van der Waals surface area contributed by atoms with Crippen LogP contribution in [0.15, 0.2) is 42.6 Å². The van der Waals surface area contributed by atoms with Crippen LogP contribution in [0.1, 0.15) is 11.3 Å². The molecule has 4 nitrogen and oxygen atoms in total. The molecule has 1 heterocycles. The Labute approximate surface area is 135 Å². The molecule has 0 aliphatic heterocycles. The third kappa shape index (κ3) is 5.14. The van der Waals surface area contributed by atoms with Gasteiger partial charge in [-0.2, -0.15) is 13.2 Å². The van der Waals surface area contributed by atoms with E-state index in [-0.39, 0.29) is 11.6 Å². The number of ether oxygens (including phenoxy) is 1. The first-order chi connectivity index (χ1) is 10.9. The van der Waals surface area contributed by atoms with E-state index in [1.54, 1.807) is 24.4 Å². The number of hydrogen-bond donors (Lipinski definition) is 1. The molecule has 1 amide bonds. The summed E-state index contributed by atoms with van der Waals surface area (Å²) in [7, 11) is 0. The van der Waals surface area contributed by atoms with Crippen molar-refractivity contribution in [1.82, 2.24) is 4.98 Å². The van der Waals surface area contributed by atoms with Gasteiger partial charge >= 0.3 is 12.3 Å². The van der Waals surface area contributed by atoms with Crippen molar-refractivity contribution in [3.63, 3.8) is 0 Å². The molecule has 0 fully saturated rings. The first-order valence-electron chi connectivity index (χ1n) is 6.56. The molecule has 1 aromatic carbocycles. The quantitative estimate of drug-likeness (QED) is 0.885. The molecule has 2 aromatic rings. The van der Waals surface area contributed by atoms with Gasteiger partial charge in [0.25, 0.3) is 0 Å². The molecule has 8 heteroatoms. The van der Waals surface area contributed by atoms with E-state index >= 15 is 0 Å². The average molecular weight is 345 g/mol. The molecular weight excluding hydrogens is 333 g/mol. The fourth-order valence-electron chi connectivity index (χ4n) is 1.80. The number of nitrogens with one attached hydrogen (secondary N) is 1. The second-order valence-electron chi connectivity index (χ2n) is 4.52. The molecule has 0 saturated carbocycles. The van der Waals surface area contributed by atoms with Crippen LogP contribution in [0, 0.1) is 0 Å². The topological polar surface area (TPSA) is 51.2 Å². The van der Waals surface area contributed by atoms with E-state index in [1.807, 2.05) is 0 Å². The van der Waals surface area contributed by atoms with Crippen molar-refractivity contribution >= 4 is 23.4 Å². The van der Waals surface area contributed by atoms with E-state index in [2.05, 4.69) is 10.3 Å². The number of alkyl halides is 3. The number of halogens is 4. The van der Waals surface area contributed by atoms with Gasteiger partial charge in [0.2, 0.25) is 0 Å². The van der Waals surface area contributed by atoms with Gasteiger partial charge in [-0.1, -0.05) is 17.7 Å². The molecule has 0 spiro atoms. The van der Waals surface area contributed by atoms with E-state index in [0.29, 0.717) is 12.1 Å². The predicted octanol–water partition coefficient (Wildman–Crippen LogP) is 4.55. The third-order valence-corrected chi connectivity index (χ3v) is 3.08. The minimum absolute atomic E-state index is 0.00219. The molecule has 23 heavy (non-hydrogen) atoms. The zero-order valence-electron chi connectivity index (χ0n) is 11.7. The Morgan fingerprint density at radius 2 is 2.04 bits per heavy atom. The molecule has 2 rings (SSSR count). The van der Waals surface area contributed by atoms with Crippen molar-refractivity contribution in [2.45, 2.75) is 12.6 Å². The lowest BCUT2D eigenvalue weighted by molar-refractivity contribution is -0.136. The lowest BCUT2D eigenvalue weighted by Crippen LogP contribution is -2.18. The van der Waals surface area contributed by atoms with Gasteiger partial charge in [0, 0.05) is 23.3 Å². The third-order valence-electron chi connectivity index (χ3n) is 2.84. The van der Waals surface area contributed by atoms with E-state index in [9.17, 15) is 18.0 Å². The first kappa shape index (κ1) is 17.1. The number of anilines is 1. The van der Waals surface area contributed by atoms with Crippen LogP contribution in [-0.2, 0) is 17.3 Å². The number of benzene rings is 1. The largest absolute Gasteiger partial charge is 0.449 e. The van der Waals surface area contributed by atoms with Gasteiger partial charge in [-0.3, -0.25) is 10.3 Å². The summed E-state index contributed by atoms with van der Waals surface area (Å²) in [6.07, 6.45) is -3.66. The highest BCUT2D eigenvalue weighted by molar-refractivity contribution is 6.30. The minimum Gasteiger partial charge on any atom is -0.449 e.